The molecule has 0 amide bonds. The molecular formula is C11H13O2. The zero-order valence-electron chi connectivity index (χ0n) is 8.39. The van der Waals surface area contributed by atoms with E-state index in [-0.39, 0.29) is 0 Å². The number of hydrogen-bond donors (Lipinski definition) is 0. The molecule has 0 fully saturated rings. The van der Waals surface area contributed by atoms with E-state index in [4.69, 9.17) is 4.74 Å². The lowest BCUT2D eigenvalue weighted by Crippen LogP contribution is -1.98. The third kappa shape index (κ3) is 1.57. The van der Waals surface area contributed by atoms with Gasteiger partial charge in [0.1, 0.15) is 5.75 Å². The molecule has 0 heterocycles. The molecule has 1 rings (SSSR count). The van der Waals surface area contributed by atoms with Crippen molar-refractivity contribution >= 4 is 6.29 Å². The van der Waals surface area contributed by atoms with Gasteiger partial charge < -0.3 is 4.74 Å². The Kier molecular flexibility index (Phi) is 2.71. The van der Waals surface area contributed by atoms with E-state index in [1.807, 2.05) is 33.1 Å². The van der Waals surface area contributed by atoms with E-state index in [1.165, 1.54) is 0 Å². The van der Waals surface area contributed by atoms with Gasteiger partial charge in [-0.2, -0.15) is 0 Å². The second-order valence-corrected chi connectivity index (χ2v) is 3.12. The maximum Gasteiger partial charge on any atom is 0.234 e. The van der Waals surface area contributed by atoms with Gasteiger partial charge in [0.25, 0.3) is 0 Å². The van der Waals surface area contributed by atoms with Crippen LogP contribution >= 0.6 is 0 Å². The second-order valence-electron chi connectivity index (χ2n) is 3.12. The first-order chi connectivity index (χ1) is 6.11. The van der Waals surface area contributed by atoms with Crippen LogP contribution in [-0.2, 0) is 4.79 Å². The van der Waals surface area contributed by atoms with E-state index in [0.717, 1.165) is 22.4 Å². The molecule has 1 aromatic carbocycles. The van der Waals surface area contributed by atoms with Crippen LogP contribution in [0.3, 0.4) is 0 Å². The first-order valence-corrected chi connectivity index (χ1v) is 4.14. The van der Waals surface area contributed by atoms with Crippen molar-refractivity contribution in [1.29, 1.82) is 0 Å². The number of methoxy groups -OCH3 is 1. The normalized spacial score (nSPS) is 9.85. The largest absolute Gasteiger partial charge is 0.496 e. The summed E-state index contributed by atoms with van der Waals surface area (Å²) in [5, 5.41) is 0. The molecule has 0 aliphatic heterocycles. The monoisotopic (exact) mass is 177 g/mol. The Morgan fingerprint density at radius 3 is 2.31 bits per heavy atom. The van der Waals surface area contributed by atoms with Crippen molar-refractivity contribution in [1.82, 2.24) is 0 Å². The van der Waals surface area contributed by atoms with Gasteiger partial charge in [-0.1, -0.05) is 0 Å². The Labute approximate surface area is 78.5 Å². The average Bonchev–Trinajstić information content (AvgIpc) is 2.12. The highest BCUT2D eigenvalue weighted by Gasteiger charge is 2.09. The highest BCUT2D eigenvalue weighted by atomic mass is 16.5. The summed E-state index contributed by atoms with van der Waals surface area (Å²) in [6, 6.07) is 1.86. The minimum absolute atomic E-state index is 0.651. The molecule has 0 spiro atoms. The summed E-state index contributed by atoms with van der Waals surface area (Å²) in [7, 11) is 1.63. The highest BCUT2D eigenvalue weighted by molar-refractivity contribution is 5.81. The Hall–Kier alpha value is -1.31. The third-order valence-electron chi connectivity index (χ3n) is 2.37. The minimum atomic E-state index is 0.651. The topological polar surface area (TPSA) is 26.3 Å². The molecule has 0 saturated heterocycles. The van der Waals surface area contributed by atoms with Crippen LogP contribution in [-0.4, -0.2) is 13.4 Å². The van der Waals surface area contributed by atoms with Gasteiger partial charge in [0.2, 0.25) is 6.29 Å². The van der Waals surface area contributed by atoms with Crippen molar-refractivity contribution in [3.63, 3.8) is 0 Å². The molecule has 0 aliphatic carbocycles. The van der Waals surface area contributed by atoms with Crippen molar-refractivity contribution in [2.24, 2.45) is 0 Å². The van der Waals surface area contributed by atoms with Gasteiger partial charge in [-0.25, -0.2) is 0 Å². The zero-order chi connectivity index (χ0) is 10.0. The lowest BCUT2D eigenvalue weighted by molar-refractivity contribution is 0.411. The second kappa shape index (κ2) is 3.60. The van der Waals surface area contributed by atoms with Crippen molar-refractivity contribution in [2.75, 3.05) is 7.11 Å². The molecule has 0 aromatic heterocycles. The molecule has 0 unspecified atom stereocenters. The molecular weight excluding hydrogens is 164 g/mol. The molecule has 0 saturated carbocycles. The number of ether oxygens (including phenoxy) is 1. The third-order valence-corrected chi connectivity index (χ3v) is 2.37. The molecule has 0 atom stereocenters. The predicted octanol–water partition coefficient (Wildman–Crippen LogP) is 2.08. The van der Waals surface area contributed by atoms with Crippen molar-refractivity contribution < 1.29 is 9.53 Å². The maximum absolute atomic E-state index is 10.6. The van der Waals surface area contributed by atoms with Crippen LogP contribution in [0.25, 0.3) is 0 Å². The van der Waals surface area contributed by atoms with Crippen LogP contribution in [0.2, 0.25) is 0 Å². The smallest absolute Gasteiger partial charge is 0.234 e. The predicted molar refractivity (Wildman–Crippen MR) is 52.0 cm³/mol. The maximum atomic E-state index is 10.6. The first-order valence-electron chi connectivity index (χ1n) is 4.14. The SMILES string of the molecule is COc1cc(C)c([C]=O)c(C)c1C. The van der Waals surface area contributed by atoms with Crippen LogP contribution in [0.5, 0.6) is 5.75 Å². The van der Waals surface area contributed by atoms with Crippen molar-refractivity contribution in [3.8, 4) is 5.75 Å². The lowest BCUT2D eigenvalue weighted by Gasteiger charge is -2.11. The summed E-state index contributed by atoms with van der Waals surface area (Å²) in [5.41, 5.74) is 3.52. The van der Waals surface area contributed by atoms with Crippen molar-refractivity contribution in [2.45, 2.75) is 20.8 Å². The van der Waals surface area contributed by atoms with E-state index >= 15 is 0 Å². The average molecular weight is 177 g/mol. The molecule has 1 radical (unpaired) electrons. The van der Waals surface area contributed by atoms with E-state index < -0.39 is 0 Å². The Morgan fingerprint density at radius 1 is 1.23 bits per heavy atom. The molecule has 69 valence electrons. The lowest BCUT2D eigenvalue weighted by atomic mass is 9.98. The van der Waals surface area contributed by atoms with Crippen LogP contribution in [0.15, 0.2) is 6.07 Å². The van der Waals surface area contributed by atoms with Gasteiger partial charge in [-0.15, -0.1) is 0 Å². The van der Waals surface area contributed by atoms with Crippen LogP contribution in [0, 0.1) is 20.8 Å². The Bertz CT molecular complexity index is 340. The van der Waals surface area contributed by atoms with Gasteiger partial charge in [-0.05, 0) is 43.5 Å². The number of carbonyl (C=O) groups excluding carboxylic acids is 1. The van der Waals surface area contributed by atoms with Gasteiger partial charge >= 0.3 is 0 Å². The summed E-state index contributed by atoms with van der Waals surface area (Å²) in [5.74, 6) is 0.828. The fourth-order valence-electron chi connectivity index (χ4n) is 1.41. The summed E-state index contributed by atoms with van der Waals surface area (Å²) < 4.78 is 5.18. The van der Waals surface area contributed by atoms with Crippen LogP contribution in [0.4, 0.5) is 0 Å². The van der Waals surface area contributed by atoms with Gasteiger partial charge in [-0.3, -0.25) is 4.79 Å². The first kappa shape index (κ1) is 9.78. The summed E-state index contributed by atoms with van der Waals surface area (Å²) in [6.45, 7) is 5.73. The van der Waals surface area contributed by atoms with E-state index in [9.17, 15) is 4.79 Å². The molecule has 0 aliphatic rings. The van der Waals surface area contributed by atoms with E-state index in [2.05, 4.69) is 0 Å². The Balaban J connectivity index is 3.45. The molecule has 0 N–H and O–H groups in total. The number of aryl methyl sites for hydroxylation is 1. The Morgan fingerprint density at radius 2 is 1.85 bits per heavy atom. The summed E-state index contributed by atoms with van der Waals surface area (Å²) in [6.07, 6.45) is 1.95. The number of benzene rings is 1. The zero-order valence-corrected chi connectivity index (χ0v) is 8.39. The highest BCUT2D eigenvalue weighted by Crippen LogP contribution is 2.25. The number of rotatable bonds is 2. The van der Waals surface area contributed by atoms with Gasteiger partial charge in [0, 0.05) is 5.56 Å². The van der Waals surface area contributed by atoms with Crippen LogP contribution in [0.1, 0.15) is 22.3 Å². The van der Waals surface area contributed by atoms with Crippen LogP contribution < -0.4 is 4.74 Å². The summed E-state index contributed by atoms with van der Waals surface area (Å²) >= 11 is 0. The molecule has 1 aromatic rings. The van der Waals surface area contributed by atoms with E-state index in [0.29, 0.717) is 5.56 Å². The van der Waals surface area contributed by atoms with Gasteiger partial charge in [0.15, 0.2) is 0 Å². The van der Waals surface area contributed by atoms with E-state index in [1.54, 1.807) is 7.11 Å². The fraction of sp³-hybridized carbons (Fsp3) is 0.364. The standard InChI is InChI=1S/C11H13O2/c1-7-5-11(13-4)9(3)8(2)10(7)6-12/h5H,1-4H3. The molecule has 0 bridgehead atoms. The quantitative estimate of drug-likeness (QED) is 0.691. The number of hydrogen-bond acceptors (Lipinski definition) is 2. The summed E-state index contributed by atoms with van der Waals surface area (Å²) in [4.78, 5) is 10.6. The molecule has 13 heavy (non-hydrogen) atoms. The van der Waals surface area contributed by atoms with Crippen molar-refractivity contribution in [3.05, 3.63) is 28.3 Å². The molecule has 2 heteroatoms. The van der Waals surface area contributed by atoms with Gasteiger partial charge in [0.05, 0.1) is 7.11 Å². The minimum Gasteiger partial charge on any atom is -0.496 e. The fourth-order valence-corrected chi connectivity index (χ4v) is 1.41. The molecule has 2 nitrogen and oxygen atoms in total.